The first-order valence-corrected chi connectivity index (χ1v) is 7.46. The number of rotatable bonds is 3. The Kier molecular flexibility index (Phi) is 5.43. The van der Waals surface area contributed by atoms with Crippen LogP contribution in [0.25, 0.3) is 0 Å². The highest BCUT2D eigenvalue weighted by Crippen LogP contribution is 2.29. The molecule has 2 aliphatic rings. The van der Waals surface area contributed by atoms with Crippen LogP contribution < -0.4 is 10.1 Å². The smallest absolute Gasteiger partial charge is 0.310 e. The highest BCUT2D eigenvalue weighted by molar-refractivity contribution is 5.95. The Morgan fingerprint density at radius 3 is 2.78 bits per heavy atom. The highest BCUT2D eigenvalue weighted by Gasteiger charge is 2.31. The molecule has 2 heterocycles. The number of halogens is 1. The van der Waals surface area contributed by atoms with E-state index in [0.717, 1.165) is 12.8 Å². The molecule has 7 nitrogen and oxygen atoms in total. The number of nitro benzene ring substituents is 1. The molecule has 23 heavy (non-hydrogen) atoms. The van der Waals surface area contributed by atoms with Crippen molar-refractivity contribution in [2.45, 2.75) is 31.3 Å². The molecular weight excluding hydrogens is 322 g/mol. The lowest BCUT2D eigenvalue weighted by Gasteiger charge is -2.24. The molecule has 2 saturated heterocycles. The van der Waals surface area contributed by atoms with Crippen molar-refractivity contribution >= 4 is 24.0 Å². The molecule has 1 aromatic rings. The van der Waals surface area contributed by atoms with E-state index in [9.17, 15) is 14.9 Å². The fourth-order valence-electron chi connectivity index (χ4n) is 3.27. The second kappa shape index (κ2) is 7.14. The summed E-state index contributed by atoms with van der Waals surface area (Å²) in [6.45, 7) is 1.40. The van der Waals surface area contributed by atoms with E-state index in [2.05, 4.69) is 5.32 Å². The van der Waals surface area contributed by atoms with Crippen LogP contribution in [0.15, 0.2) is 18.2 Å². The zero-order valence-corrected chi connectivity index (χ0v) is 13.7. The standard InChI is InChI=1S/C15H19N3O4.ClH/c1-22-14-8-10(2-5-13(14)18(20)21)15(19)17-7-6-11-3-4-12(9-17)16-11;/h2,5,8,11-12,16H,3-4,6-7,9H2,1H3;1H. The van der Waals surface area contributed by atoms with Crippen molar-refractivity contribution in [3.63, 3.8) is 0 Å². The fourth-order valence-corrected chi connectivity index (χ4v) is 3.27. The number of benzene rings is 1. The van der Waals surface area contributed by atoms with Gasteiger partial charge in [-0.25, -0.2) is 0 Å². The summed E-state index contributed by atoms with van der Waals surface area (Å²) >= 11 is 0. The normalized spacial score (nSPS) is 22.9. The molecule has 2 aliphatic heterocycles. The Labute approximate surface area is 140 Å². The van der Waals surface area contributed by atoms with E-state index in [4.69, 9.17) is 4.74 Å². The number of carbonyl (C=O) groups excluding carboxylic acids is 1. The minimum Gasteiger partial charge on any atom is -0.490 e. The number of nitrogens with one attached hydrogen (secondary N) is 1. The molecule has 0 radical (unpaired) electrons. The first kappa shape index (κ1) is 17.5. The molecule has 2 fully saturated rings. The average molecular weight is 342 g/mol. The molecule has 3 rings (SSSR count). The zero-order chi connectivity index (χ0) is 15.7. The number of amides is 1. The molecule has 0 aromatic heterocycles. The third-order valence-electron chi connectivity index (χ3n) is 4.43. The largest absolute Gasteiger partial charge is 0.490 e. The molecule has 8 heteroatoms. The van der Waals surface area contributed by atoms with Gasteiger partial charge in [0, 0.05) is 42.9 Å². The second-order valence-electron chi connectivity index (χ2n) is 5.82. The van der Waals surface area contributed by atoms with Gasteiger partial charge in [-0.3, -0.25) is 14.9 Å². The predicted octanol–water partition coefficient (Wildman–Crippen LogP) is 1.99. The summed E-state index contributed by atoms with van der Waals surface area (Å²) in [5.41, 5.74) is 0.302. The first-order chi connectivity index (χ1) is 10.6. The number of carbonyl (C=O) groups is 1. The summed E-state index contributed by atoms with van der Waals surface area (Å²) in [5.74, 6) is 0.0212. The zero-order valence-electron chi connectivity index (χ0n) is 12.9. The number of likely N-dealkylation sites (tertiary alicyclic amines) is 1. The van der Waals surface area contributed by atoms with Gasteiger partial charge in [0.05, 0.1) is 12.0 Å². The minimum atomic E-state index is -0.512. The van der Waals surface area contributed by atoms with Crippen LogP contribution in [0.2, 0.25) is 0 Å². The van der Waals surface area contributed by atoms with E-state index in [1.807, 2.05) is 4.90 Å². The van der Waals surface area contributed by atoms with Crippen LogP contribution in [-0.2, 0) is 0 Å². The SMILES string of the molecule is COc1cc(C(=O)N2CCC3CCC(C2)N3)ccc1[N+](=O)[O-].Cl. The third kappa shape index (κ3) is 3.56. The minimum absolute atomic E-state index is 0. The summed E-state index contributed by atoms with van der Waals surface area (Å²) in [6.07, 6.45) is 3.22. The van der Waals surface area contributed by atoms with Crippen molar-refractivity contribution in [3.05, 3.63) is 33.9 Å². The van der Waals surface area contributed by atoms with Crippen LogP contribution in [0.3, 0.4) is 0 Å². The molecule has 126 valence electrons. The van der Waals surface area contributed by atoms with Crippen molar-refractivity contribution in [3.8, 4) is 5.75 Å². The summed E-state index contributed by atoms with van der Waals surface area (Å²) < 4.78 is 5.03. The van der Waals surface area contributed by atoms with Gasteiger partial charge in [0.1, 0.15) is 0 Å². The van der Waals surface area contributed by atoms with Crippen LogP contribution in [0.5, 0.6) is 5.75 Å². The summed E-state index contributed by atoms with van der Waals surface area (Å²) in [6, 6.07) is 5.15. The topological polar surface area (TPSA) is 84.7 Å². The summed E-state index contributed by atoms with van der Waals surface area (Å²) in [4.78, 5) is 24.9. The van der Waals surface area contributed by atoms with Gasteiger partial charge in [-0.05, 0) is 25.3 Å². The van der Waals surface area contributed by atoms with Crippen molar-refractivity contribution < 1.29 is 14.5 Å². The number of nitro groups is 1. The van der Waals surface area contributed by atoms with Crippen LogP contribution in [-0.4, -0.2) is 48.0 Å². The van der Waals surface area contributed by atoms with Crippen LogP contribution in [0, 0.1) is 10.1 Å². The number of methoxy groups -OCH3 is 1. The molecule has 0 spiro atoms. The van der Waals surface area contributed by atoms with E-state index in [-0.39, 0.29) is 29.8 Å². The highest BCUT2D eigenvalue weighted by atomic mass is 35.5. The molecule has 2 atom stereocenters. The Morgan fingerprint density at radius 1 is 1.35 bits per heavy atom. The quantitative estimate of drug-likeness (QED) is 0.671. The van der Waals surface area contributed by atoms with Gasteiger partial charge in [0.15, 0.2) is 5.75 Å². The molecular formula is C15H20ClN3O4. The molecule has 0 aliphatic carbocycles. The molecule has 1 amide bonds. The lowest BCUT2D eigenvalue weighted by molar-refractivity contribution is -0.385. The number of fused-ring (bicyclic) bond motifs is 2. The maximum absolute atomic E-state index is 12.7. The molecule has 0 saturated carbocycles. The predicted molar refractivity (Wildman–Crippen MR) is 87.4 cm³/mol. The Bertz CT molecular complexity index is 610. The third-order valence-corrected chi connectivity index (χ3v) is 4.43. The number of nitrogens with zero attached hydrogens (tertiary/aromatic N) is 2. The van der Waals surface area contributed by atoms with Crippen molar-refractivity contribution in [2.75, 3.05) is 20.2 Å². The van der Waals surface area contributed by atoms with Crippen molar-refractivity contribution in [1.82, 2.24) is 10.2 Å². The van der Waals surface area contributed by atoms with Crippen molar-refractivity contribution in [2.24, 2.45) is 0 Å². The molecule has 1 aromatic carbocycles. The van der Waals surface area contributed by atoms with Gasteiger partial charge in [-0.1, -0.05) is 0 Å². The second-order valence-corrected chi connectivity index (χ2v) is 5.82. The van der Waals surface area contributed by atoms with E-state index in [1.165, 1.54) is 31.7 Å². The molecule has 1 N–H and O–H groups in total. The fraction of sp³-hybridized carbons (Fsp3) is 0.533. The van der Waals surface area contributed by atoms with Gasteiger partial charge in [-0.2, -0.15) is 0 Å². The van der Waals surface area contributed by atoms with E-state index in [0.29, 0.717) is 30.7 Å². The van der Waals surface area contributed by atoms with Gasteiger partial charge < -0.3 is 15.0 Å². The first-order valence-electron chi connectivity index (χ1n) is 7.46. The Hall–Kier alpha value is -1.86. The van der Waals surface area contributed by atoms with Crippen LogP contribution >= 0.6 is 12.4 Å². The lowest BCUT2D eigenvalue weighted by Crippen LogP contribution is -2.39. The van der Waals surface area contributed by atoms with Gasteiger partial charge in [-0.15, -0.1) is 12.4 Å². The van der Waals surface area contributed by atoms with Crippen molar-refractivity contribution in [1.29, 1.82) is 0 Å². The van der Waals surface area contributed by atoms with Gasteiger partial charge in [0.25, 0.3) is 5.91 Å². The number of hydrogen-bond acceptors (Lipinski definition) is 5. The van der Waals surface area contributed by atoms with E-state index in [1.54, 1.807) is 0 Å². The molecule has 2 bridgehead atoms. The van der Waals surface area contributed by atoms with Crippen LogP contribution in [0.4, 0.5) is 5.69 Å². The van der Waals surface area contributed by atoms with E-state index < -0.39 is 4.92 Å². The Balaban J connectivity index is 0.00000192. The maximum atomic E-state index is 12.7. The maximum Gasteiger partial charge on any atom is 0.310 e. The van der Waals surface area contributed by atoms with Gasteiger partial charge in [0.2, 0.25) is 0 Å². The average Bonchev–Trinajstić information content (AvgIpc) is 2.85. The molecule has 2 unspecified atom stereocenters. The van der Waals surface area contributed by atoms with E-state index >= 15 is 0 Å². The number of ether oxygens (including phenoxy) is 1. The van der Waals surface area contributed by atoms with Gasteiger partial charge >= 0.3 is 5.69 Å². The summed E-state index contributed by atoms with van der Waals surface area (Å²) in [5, 5.41) is 14.4. The van der Waals surface area contributed by atoms with Crippen LogP contribution in [0.1, 0.15) is 29.6 Å². The monoisotopic (exact) mass is 341 g/mol. The Morgan fingerprint density at radius 2 is 2.09 bits per heavy atom. The number of hydrogen-bond donors (Lipinski definition) is 1. The lowest BCUT2D eigenvalue weighted by atomic mass is 10.1. The summed E-state index contributed by atoms with van der Waals surface area (Å²) in [7, 11) is 1.37.